The van der Waals surface area contributed by atoms with Crippen molar-refractivity contribution in [3.05, 3.63) is 23.8 Å². The van der Waals surface area contributed by atoms with Gasteiger partial charge in [-0.15, -0.1) is 0 Å². The largest absolute Gasteiger partial charge is 0.493 e. The number of nitriles is 1. The van der Waals surface area contributed by atoms with Crippen molar-refractivity contribution in [1.29, 1.82) is 5.26 Å². The van der Waals surface area contributed by atoms with Crippen molar-refractivity contribution in [2.75, 3.05) is 45.9 Å². The fourth-order valence-corrected chi connectivity index (χ4v) is 4.29. The lowest BCUT2D eigenvalue weighted by atomic mass is 10.1. The van der Waals surface area contributed by atoms with E-state index in [0.717, 1.165) is 76.8 Å². The van der Waals surface area contributed by atoms with Crippen LogP contribution in [0.15, 0.2) is 18.2 Å². The molecule has 0 N–H and O–H groups in total. The second kappa shape index (κ2) is 17.7. The Morgan fingerprint density at radius 1 is 0.788 bits per heavy atom. The van der Waals surface area contributed by atoms with Gasteiger partial charge in [-0.2, -0.15) is 5.26 Å². The van der Waals surface area contributed by atoms with Crippen LogP contribution < -0.4 is 9.47 Å². The summed E-state index contributed by atoms with van der Waals surface area (Å²) in [5, 5.41) is 8.82. The topological polar surface area (TPSA) is 48.7 Å². The molecule has 1 heterocycles. The molecule has 1 aliphatic rings. The lowest BCUT2D eigenvalue weighted by Gasteiger charge is -2.34. The van der Waals surface area contributed by atoms with Crippen molar-refractivity contribution < 1.29 is 9.47 Å². The fourth-order valence-electron chi connectivity index (χ4n) is 4.29. The Bertz CT molecular complexity index is 666. The van der Waals surface area contributed by atoms with Crippen LogP contribution in [0.5, 0.6) is 11.5 Å². The van der Waals surface area contributed by atoms with Gasteiger partial charge in [0, 0.05) is 57.3 Å². The molecule has 1 aromatic carbocycles. The van der Waals surface area contributed by atoms with Crippen LogP contribution in [0.25, 0.3) is 0 Å². The summed E-state index contributed by atoms with van der Waals surface area (Å²) in [7, 11) is 0. The zero-order valence-corrected chi connectivity index (χ0v) is 21.3. The average Bonchev–Trinajstić information content (AvgIpc) is 2.84. The summed E-state index contributed by atoms with van der Waals surface area (Å²) >= 11 is 0. The molecule has 0 spiro atoms. The summed E-state index contributed by atoms with van der Waals surface area (Å²) in [5.74, 6) is 1.91. The Labute approximate surface area is 203 Å². The molecule has 186 valence electrons. The molecular weight excluding hydrogens is 410 g/mol. The van der Waals surface area contributed by atoms with Crippen molar-refractivity contribution >= 4 is 0 Å². The standard InChI is InChI=1S/C28H47N3O2/c1-3-5-7-9-11-22-32-27-15-14-26(28(24-27)33-23-12-10-8-6-4-2)25-31-20-18-30(19-21-31)17-13-16-29/h14-15,24H,3-13,17-23,25H2,1-2H3. The van der Waals surface area contributed by atoms with Gasteiger partial charge in [0.25, 0.3) is 0 Å². The van der Waals surface area contributed by atoms with Gasteiger partial charge in [-0.25, -0.2) is 0 Å². The van der Waals surface area contributed by atoms with E-state index < -0.39 is 0 Å². The first kappa shape index (κ1) is 27.5. The highest BCUT2D eigenvalue weighted by Gasteiger charge is 2.18. The summed E-state index contributed by atoms with van der Waals surface area (Å²) in [4.78, 5) is 4.89. The van der Waals surface area contributed by atoms with Crippen LogP contribution in [0.3, 0.4) is 0 Å². The van der Waals surface area contributed by atoms with Gasteiger partial charge < -0.3 is 9.47 Å². The Morgan fingerprint density at radius 3 is 2.03 bits per heavy atom. The molecule has 0 aromatic heterocycles. The van der Waals surface area contributed by atoms with Gasteiger partial charge in [0.1, 0.15) is 11.5 Å². The van der Waals surface area contributed by atoms with E-state index in [9.17, 15) is 0 Å². The van der Waals surface area contributed by atoms with Gasteiger partial charge >= 0.3 is 0 Å². The molecule has 1 aromatic rings. The lowest BCUT2D eigenvalue weighted by molar-refractivity contribution is 0.128. The molecule has 5 nitrogen and oxygen atoms in total. The SMILES string of the molecule is CCCCCCCOc1ccc(CN2CCN(CCC#N)CC2)c(OCCCCCCC)c1. The molecule has 0 saturated carbocycles. The number of nitrogens with zero attached hydrogens (tertiary/aromatic N) is 3. The third kappa shape index (κ3) is 11.8. The van der Waals surface area contributed by atoms with E-state index >= 15 is 0 Å². The molecule has 0 aliphatic carbocycles. The minimum atomic E-state index is 0.621. The van der Waals surface area contributed by atoms with Crippen LogP contribution in [0.4, 0.5) is 0 Å². The second-order valence-corrected chi connectivity index (χ2v) is 9.32. The molecule has 0 unspecified atom stereocenters. The first-order chi connectivity index (χ1) is 16.3. The number of ether oxygens (including phenoxy) is 2. The zero-order chi connectivity index (χ0) is 23.6. The Hall–Kier alpha value is -1.77. The van der Waals surface area contributed by atoms with Crippen molar-refractivity contribution in [2.45, 2.75) is 91.0 Å². The average molecular weight is 458 g/mol. The fraction of sp³-hybridized carbons (Fsp3) is 0.750. The van der Waals surface area contributed by atoms with Crippen molar-refractivity contribution in [3.8, 4) is 17.6 Å². The van der Waals surface area contributed by atoms with E-state index in [0.29, 0.717) is 6.42 Å². The number of piperazine rings is 1. The van der Waals surface area contributed by atoms with Gasteiger partial charge in [-0.3, -0.25) is 9.80 Å². The maximum atomic E-state index is 8.82. The molecule has 1 fully saturated rings. The monoisotopic (exact) mass is 457 g/mol. The smallest absolute Gasteiger partial charge is 0.127 e. The highest BCUT2D eigenvalue weighted by molar-refractivity contribution is 5.41. The van der Waals surface area contributed by atoms with Gasteiger partial charge in [0.15, 0.2) is 0 Å². The van der Waals surface area contributed by atoms with Gasteiger partial charge in [-0.05, 0) is 18.9 Å². The molecule has 2 rings (SSSR count). The Morgan fingerprint density at radius 2 is 1.39 bits per heavy atom. The molecule has 0 atom stereocenters. The number of rotatable bonds is 18. The number of hydrogen-bond acceptors (Lipinski definition) is 5. The molecule has 33 heavy (non-hydrogen) atoms. The molecule has 0 amide bonds. The molecule has 5 heteroatoms. The van der Waals surface area contributed by atoms with Crippen molar-refractivity contribution in [3.63, 3.8) is 0 Å². The molecular formula is C28H47N3O2. The van der Waals surface area contributed by atoms with Crippen LogP contribution in [-0.2, 0) is 6.54 Å². The number of unbranched alkanes of at least 4 members (excludes halogenated alkanes) is 8. The van der Waals surface area contributed by atoms with Gasteiger partial charge in [0.2, 0.25) is 0 Å². The third-order valence-corrected chi connectivity index (χ3v) is 6.46. The quantitative estimate of drug-likeness (QED) is 0.238. The summed E-state index contributed by atoms with van der Waals surface area (Å²) < 4.78 is 12.3. The Balaban J connectivity index is 1.87. The van der Waals surface area contributed by atoms with Gasteiger partial charge in [-0.1, -0.05) is 71.3 Å². The predicted molar refractivity (Wildman–Crippen MR) is 137 cm³/mol. The molecule has 1 aliphatic heterocycles. The number of hydrogen-bond donors (Lipinski definition) is 0. The minimum absolute atomic E-state index is 0.621. The van der Waals surface area contributed by atoms with Crippen LogP contribution in [0.2, 0.25) is 0 Å². The number of benzene rings is 1. The van der Waals surface area contributed by atoms with Crippen LogP contribution in [0, 0.1) is 11.3 Å². The predicted octanol–water partition coefficient (Wildman–Crippen LogP) is 6.42. The summed E-state index contributed by atoms with van der Waals surface area (Å²) in [5.41, 5.74) is 1.25. The van der Waals surface area contributed by atoms with E-state index in [1.807, 2.05) is 0 Å². The zero-order valence-electron chi connectivity index (χ0n) is 21.3. The molecule has 0 bridgehead atoms. The maximum absolute atomic E-state index is 8.82. The Kier molecular flexibility index (Phi) is 14.7. The first-order valence-electron chi connectivity index (χ1n) is 13.5. The van der Waals surface area contributed by atoms with Crippen LogP contribution >= 0.6 is 0 Å². The van der Waals surface area contributed by atoms with E-state index in [-0.39, 0.29) is 0 Å². The van der Waals surface area contributed by atoms with E-state index in [1.54, 1.807) is 0 Å². The van der Waals surface area contributed by atoms with Crippen LogP contribution in [-0.4, -0.2) is 55.7 Å². The molecule has 0 radical (unpaired) electrons. The van der Waals surface area contributed by atoms with Crippen LogP contribution in [0.1, 0.15) is 90.0 Å². The normalized spacial score (nSPS) is 14.8. The first-order valence-corrected chi connectivity index (χ1v) is 13.5. The molecule has 1 saturated heterocycles. The van der Waals surface area contributed by atoms with E-state index in [1.165, 1.54) is 56.9 Å². The highest BCUT2D eigenvalue weighted by atomic mass is 16.5. The van der Waals surface area contributed by atoms with Crippen molar-refractivity contribution in [2.24, 2.45) is 0 Å². The highest BCUT2D eigenvalue weighted by Crippen LogP contribution is 2.27. The van der Waals surface area contributed by atoms with Crippen molar-refractivity contribution in [1.82, 2.24) is 9.80 Å². The third-order valence-electron chi connectivity index (χ3n) is 6.46. The summed E-state index contributed by atoms with van der Waals surface area (Å²) in [6.07, 6.45) is 13.1. The lowest BCUT2D eigenvalue weighted by Crippen LogP contribution is -2.46. The van der Waals surface area contributed by atoms with E-state index in [2.05, 4.69) is 47.9 Å². The maximum Gasteiger partial charge on any atom is 0.127 e. The van der Waals surface area contributed by atoms with Gasteiger partial charge in [0.05, 0.1) is 19.3 Å². The summed E-state index contributed by atoms with van der Waals surface area (Å²) in [6, 6.07) is 8.67. The summed E-state index contributed by atoms with van der Waals surface area (Å²) in [6.45, 7) is 12.0. The second-order valence-electron chi connectivity index (χ2n) is 9.32. The minimum Gasteiger partial charge on any atom is -0.493 e. The van der Waals surface area contributed by atoms with E-state index in [4.69, 9.17) is 14.7 Å².